The van der Waals surface area contributed by atoms with E-state index in [-0.39, 0.29) is 16.8 Å². The summed E-state index contributed by atoms with van der Waals surface area (Å²) in [6.45, 7) is 5.39. The Balaban J connectivity index is 2.38. The fraction of sp³-hybridized carbons (Fsp3) is 0.222. The van der Waals surface area contributed by atoms with Gasteiger partial charge < -0.3 is 10.6 Å². The molecule has 0 spiro atoms. The van der Waals surface area contributed by atoms with Crippen molar-refractivity contribution < 1.29 is 19.4 Å². The molecule has 0 fully saturated rings. The maximum absolute atomic E-state index is 12.6. The average molecular weight is 386 g/mol. The van der Waals surface area contributed by atoms with E-state index in [9.17, 15) is 29.8 Å². The predicted octanol–water partition coefficient (Wildman–Crippen LogP) is 3.28. The fourth-order valence-corrected chi connectivity index (χ4v) is 2.36. The number of carbonyl (C=O) groups excluding carboxylic acids is 2. The number of nitrogens with one attached hydrogen (secondary N) is 2. The molecule has 10 heteroatoms. The van der Waals surface area contributed by atoms with E-state index in [2.05, 4.69) is 10.6 Å². The van der Waals surface area contributed by atoms with Crippen molar-refractivity contribution >= 4 is 28.9 Å². The summed E-state index contributed by atoms with van der Waals surface area (Å²) in [7, 11) is 0. The monoisotopic (exact) mass is 386 g/mol. The molecule has 0 heterocycles. The van der Waals surface area contributed by atoms with Gasteiger partial charge in [-0.2, -0.15) is 0 Å². The first kappa shape index (κ1) is 20.5. The molecule has 0 aliphatic heterocycles. The van der Waals surface area contributed by atoms with Gasteiger partial charge in [0.1, 0.15) is 5.56 Å². The number of para-hydroxylation sites is 1. The van der Waals surface area contributed by atoms with Crippen molar-refractivity contribution in [2.45, 2.75) is 26.3 Å². The van der Waals surface area contributed by atoms with Crippen molar-refractivity contribution in [1.29, 1.82) is 0 Å². The molecular weight excluding hydrogens is 368 g/mol. The Hall–Kier alpha value is -3.82. The largest absolute Gasteiger partial charge is 0.347 e. The van der Waals surface area contributed by atoms with Crippen molar-refractivity contribution in [2.24, 2.45) is 0 Å². The van der Waals surface area contributed by atoms with Gasteiger partial charge in [-0.3, -0.25) is 29.8 Å². The van der Waals surface area contributed by atoms with Crippen LogP contribution in [0.2, 0.25) is 0 Å². The third-order valence-electron chi connectivity index (χ3n) is 3.54. The number of benzene rings is 2. The van der Waals surface area contributed by atoms with Crippen molar-refractivity contribution in [3.05, 3.63) is 73.8 Å². The third kappa shape index (κ3) is 4.87. The van der Waals surface area contributed by atoms with Crippen LogP contribution < -0.4 is 10.6 Å². The highest BCUT2D eigenvalue weighted by Crippen LogP contribution is 2.26. The topological polar surface area (TPSA) is 144 Å². The van der Waals surface area contributed by atoms with Gasteiger partial charge in [-0.1, -0.05) is 12.1 Å². The summed E-state index contributed by atoms with van der Waals surface area (Å²) in [6.07, 6.45) is 0. The molecule has 28 heavy (non-hydrogen) atoms. The Labute approximate surface area is 159 Å². The van der Waals surface area contributed by atoms with E-state index in [1.165, 1.54) is 12.1 Å². The molecule has 10 nitrogen and oxygen atoms in total. The van der Waals surface area contributed by atoms with Crippen LogP contribution in [0.5, 0.6) is 0 Å². The molecule has 146 valence electrons. The Bertz CT molecular complexity index is 965. The van der Waals surface area contributed by atoms with Gasteiger partial charge in [-0.05, 0) is 39.0 Å². The van der Waals surface area contributed by atoms with E-state index in [4.69, 9.17) is 0 Å². The number of hydrogen-bond donors (Lipinski definition) is 2. The second kappa shape index (κ2) is 7.82. The van der Waals surface area contributed by atoms with Gasteiger partial charge >= 0.3 is 0 Å². The predicted molar refractivity (Wildman–Crippen MR) is 101 cm³/mol. The Kier molecular flexibility index (Phi) is 5.73. The number of amides is 2. The van der Waals surface area contributed by atoms with Crippen LogP contribution in [0, 0.1) is 20.2 Å². The molecule has 2 amide bonds. The zero-order valence-corrected chi connectivity index (χ0v) is 15.4. The Morgan fingerprint density at radius 3 is 2.11 bits per heavy atom. The Morgan fingerprint density at radius 1 is 0.893 bits per heavy atom. The van der Waals surface area contributed by atoms with Crippen molar-refractivity contribution in [2.75, 3.05) is 5.32 Å². The van der Waals surface area contributed by atoms with Crippen LogP contribution in [0.1, 0.15) is 41.5 Å². The van der Waals surface area contributed by atoms with E-state index < -0.39 is 38.6 Å². The van der Waals surface area contributed by atoms with E-state index in [0.29, 0.717) is 6.07 Å². The molecule has 0 aliphatic rings. The minimum atomic E-state index is -0.875. The molecule has 0 atom stereocenters. The molecule has 0 aliphatic carbocycles. The van der Waals surface area contributed by atoms with Gasteiger partial charge in [0.2, 0.25) is 0 Å². The molecule has 0 aromatic heterocycles. The average Bonchev–Trinajstić information content (AvgIpc) is 2.59. The normalized spacial score (nSPS) is 10.8. The summed E-state index contributed by atoms with van der Waals surface area (Å²) in [5.41, 5.74) is -1.75. The quantitative estimate of drug-likeness (QED) is 0.596. The first-order valence-corrected chi connectivity index (χ1v) is 8.15. The molecule has 0 bridgehead atoms. The SMILES string of the molecule is CC(C)(C)NC(=O)c1ccccc1NC(=O)c1ccc([N+](=O)[O-])cc1[N+](=O)[O-]. The maximum atomic E-state index is 12.6. The molecule has 0 unspecified atom stereocenters. The summed E-state index contributed by atoms with van der Waals surface area (Å²) in [5, 5.41) is 27.3. The van der Waals surface area contributed by atoms with Gasteiger partial charge in [0.25, 0.3) is 23.2 Å². The van der Waals surface area contributed by atoms with E-state index in [1.807, 2.05) is 0 Å². The number of nitro benzene ring substituents is 2. The summed E-state index contributed by atoms with van der Waals surface area (Å²) in [5.74, 6) is -1.29. The number of non-ortho nitro benzene ring substituents is 1. The second-order valence-corrected chi connectivity index (χ2v) is 6.92. The molecular formula is C18H18N4O6. The number of carbonyl (C=O) groups is 2. The lowest BCUT2D eigenvalue weighted by atomic mass is 10.1. The lowest BCUT2D eigenvalue weighted by molar-refractivity contribution is -0.394. The fourth-order valence-electron chi connectivity index (χ4n) is 2.36. The van der Waals surface area contributed by atoms with E-state index in [1.54, 1.807) is 32.9 Å². The number of nitrogens with zero attached hydrogens (tertiary/aromatic N) is 2. The highest BCUT2D eigenvalue weighted by atomic mass is 16.6. The molecule has 2 rings (SSSR count). The zero-order valence-electron chi connectivity index (χ0n) is 15.4. The first-order valence-electron chi connectivity index (χ1n) is 8.15. The van der Waals surface area contributed by atoms with E-state index in [0.717, 1.165) is 12.1 Å². The van der Waals surface area contributed by atoms with Crippen molar-refractivity contribution in [1.82, 2.24) is 5.32 Å². The van der Waals surface area contributed by atoms with Gasteiger partial charge in [-0.25, -0.2) is 0 Å². The highest BCUT2D eigenvalue weighted by Gasteiger charge is 2.25. The van der Waals surface area contributed by atoms with Crippen LogP contribution in [0.25, 0.3) is 0 Å². The highest BCUT2D eigenvalue weighted by molar-refractivity contribution is 6.10. The van der Waals surface area contributed by atoms with Crippen LogP contribution in [-0.4, -0.2) is 27.2 Å². The number of rotatable bonds is 5. The zero-order chi connectivity index (χ0) is 21.1. The summed E-state index contributed by atoms with van der Waals surface area (Å²) in [6, 6.07) is 8.90. The van der Waals surface area contributed by atoms with E-state index >= 15 is 0 Å². The number of hydrogen-bond acceptors (Lipinski definition) is 6. The second-order valence-electron chi connectivity index (χ2n) is 6.92. The molecule has 0 radical (unpaired) electrons. The molecule has 2 aromatic rings. The number of nitro groups is 2. The van der Waals surface area contributed by atoms with Crippen LogP contribution >= 0.6 is 0 Å². The molecule has 2 N–H and O–H groups in total. The minimum Gasteiger partial charge on any atom is -0.347 e. The lowest BCUT2D eigenvalue weighted by Crippen LogP contribution is -2.40. The summed E-state index contributed by atoms with van der Waals surface area (Å²) < 4.78 is 0. The van der Waals surface area contributed by atoms with Crippen molar-refractivity contribution in [3.63, 3.8) is 0 Å². The smallest absolute Gasteiger partial charge is 0.289 e. The Morgan fingerprint density at radius 2 is 1.54 bits per heavy atom. The van der Waals surface area contributed by atoms with Crippen molar-refractivity contribution in [3.8, 4) is 0 Å². The first-order chi connectivity index (χ1) is 13.0. The van der Waals surface area contributed by atoms with Crippen LogP contribution in [-0.2, 0) is 0 Å². The molecule has 0 saturated carbocycles. The summed E-state index contributed by atoms with van der Waals surface area (Å²) >= 11 is 0. The maximum Gasteiger partial charge on any atom is 0.289 e. The van der Waals surface area contributed by atoms with Crippen LogP contribution in [0.15, 0.2) is 42.5 Å². The van der Waals surface area contributed by atoms with Gasteiger partial charge in [0.05, 0.1) is 27.2 Å². The van der Waals surface area contributed by atoms with Crippen LogP contribution in [0.3, 0.4) is 0 Å². The minimum absolute atomic E-state index is 0.155. The summed E-state index contributed by atoms with van der Waals surface area (Å²) in [4.78, 5) is 45.4. The van der Waals surface area contributed by atoms with Gasteiger partial charge in [0, 0.05) is 11.6 Å². The van der Waals surface area contributed by atoms with Gasteiger partial charge in [-0.15, -0.1) is 0 Å². The third-order valence-corrected chi connectivity index (χ3v) is 3.54. The molecule has 2 aromatic carbocycles. The van der Waals surface area contributed by atoms with Crippen LogP contribution in [0.4, 0.5) is 17.1 Å². The standard InChI is InChI=1S/C18H18N4O6/c1-18(2,3)20-17(24)12-6-4-5-7-14(12)19-16(23)13-9-8-11(21(25)26)10-15(13)22(27)28/h4-10H,1-3H3,(H,19,23)(H,20,24). The van der Waals surface area contributed by atoms with Gasteiger partial charge in [0.15, 0.2) is 0 Å². The molecule has 0 saturated heterocycles. The number of anilines is 1. The lowest BCUT2D eigenvalue weighted by Gasteiger charge is -2.21.